The van der Waals surface area contributed by atoms with Crippen LogP contribution in [-0.2, 0) is 4.79 Å². The lowest BCUT2D eigenvalue weighted by Crippen LogP contribution is -2.56. The van der Waals surface area contributed by atoms with Gasteiger partial charge in [0.05, 0.1) is 0 Å². The molecule has 0 aliphatic rings. The van der Waals surface area contributed by atoms with Gasteiger partial charge in [-0.25, -0.2) is 9.59 Å². The molecule has 0 fully saturated rings. The number of amides is 2. The average molecular weight is 258 g/mol. The zero-order chi connectivity index (χ0) is 14.7. The molecule has 2 amide bonds. The summed E-state index contributed by atoms with van der Waals surface area (Å²) in [5, 5.41) is 11.8. The molecule has 5 nitrogen and oxygen atoms in total. The highest BCUT2D eigenvalue weighted by Crippen LogP contribution is 2.21. The summed E-state index contributed by atoms with van der Waals surface area (Å²) in [5.74, 6) is -1.02. The molecular formula is C13H26N2O3. The molecule has 0 saturated heterocycles. The second kappa shape index (κ2) is 5.59. The second-order valence-corrected chi connectivity index (χ2v) is 6.31. The van der Waals surface area contributed by atoms with Gasteiger partial charge >= 0.3 is 12.0 Å². The summed E-state index contributed by atoms with van der Waals surface area (Å²) in [6.45, 7) is 11.2. The van der Waals surface area contributed by atoms with E-state index in [1.807, 2.05) is 20.8 Å². The molecule has 0 aromatic rings. The first-order chi connectivity index (χ1) is 7.93. The Morgan fingerprint density at radius 1 is 1.22 bits per heavy atom. The molecule has 5 heteroatoms. The van der Waals surface area contributed by atoms with Crippen LogP contribution in [0.15, 0.2) is 0 Å². The van der Waals surface area contributed by atoms with Crippen LogP contribution in [0.25, 0.3) is 0 Å². The van der Waals surface area contributed by atoms with E-state index in [4.69, 9.17) is 5.11 Å². The SMILES string of the molecule is CCC(C)(C)N(C)C(=O)N[C@@H](C(=O)O)C(C)(C)C. The van der Waals surface area contributed by atoms with Gasteiger partial charge in [-0.05, 0) is 25.7 Å². The molecule has 0 saturated carbocycles. The zero-order valence-corrected chi connectivity index (χ0v) is 12.5. The van der Waals surface area contributed by atoms with E-state index in [1.165, 1.54) is 0 Å². The number of nitrogens with one attached hydrogen (secondary N) is 1. The lowest BCUT2D eigenvalue weighted by molar-refractivity contribution is -0.142. The van der Waals surface area contributed by atoms with Gasteiger partial charge in [-0.15, -0.1) is 0 Å². The van der Waals surface area contributed by atoms with Crippen molar-refractivity contribution in [2.24, 2.45) is 5.41 Å². The predicted molar refractivity (Wildman–Crippen MR) is 71.5 cm³/mol. The van der Waals surface area contributed by atoms with Gasteiger partial charge in [0.25, 0.3) is 0 Å². The molecule has 0 unspecified atom stereocenters. The van der Waals surface area contributed by atoms with E-state index >= 15 is 0 Å². The quantitative estimate of drug-likeness (QED) is 0.813. The molecule has 0 radical (unpaired) electrons. The Balaban J connectivity index is 4.88. The van der Waals surface area contributed by atoms with Gasteiger partial charge in [-0.1, -0.05) is 27.7 Å². The monoisotopic (exact) mass is 258 g/mol. The van der Waals surface area contributed by atoms with Crippen molar-refractivity contribution in [2.45, 2.75) is 59.5 Å². The van der Waals surface area contributed by atoms with Crippen molar-refractivity contribution in [2.75, 3.05) is 7.05 Å². The minimum atomic E-state index is -1.02. The Hall–Kier alpha value is -1.26. The number of hydrogen-bond acceptors (Lipinski definition) is 2. The van der Waals surface area contributed by atoms with Crippen molar-refractivity contribution in [3.8, 4) is 0 Å². The molecule has 106 valence electrons. The predicted octanol–water partition coefficient (Wildman–Crippen LogP) is 2.32. The topological polar surface area (TPSA) is 69.6 Å². The molecule has 0 aliphatic carbocycles. The smallest absolute Gasteiger partial charge is 0.326 e. The first kappa shape index (κ1) is 16.7. The summed E-state index contributed by atoms with van der Waals surface area (Å²) in [6.07, 6.45) is 0.796. The molecule has 1 atom stereocenters. The minimum absolute atomic E-state index is 0.301. The van der Waals surface area contributed by atoms with Crippen LogP contribution in [0.5, 0.6) is 0 Å². The standard InChI is InChI=1S/C13H26N2O3/c1-8-13(5,6)15(7)11(18)14-9(10(16)17)12(2,3)4/h9H,8H2,1-7H3,(H,14,18)(H,16,17)/t9-/m0/s1. The highest BCUT2D eigenvalue weighted by atomic mass is 16.4. The van der Waals surface area contributed by atoms with Gasteiger partial charge in [0.1, 0.15) is 6.04 Å². The number of rotatable bonds is 4. The van der Waals surface area contributed by atoms with Gasteiger partial charge in [0.15, 0.2) is 0 Å². The average Bonchev–Trinajstić information content (AvgIpc) is 2.22. The highest BCUT2D eigenvalue weighted by molar-refractivity contribution is 5.83. The van der Waals surface area contributed by atoms with Crippen molar-refractivity contribution >= 4 is 12.0 Å². The first-order valence-corrected chi connectivity index (χ1v) is 6.20. The Bertz CT molecular complexity index is 319. The molecule has 0 bridgehead atoms. The third kappa shape index (κ3) is 4.20. The number of hydrogen-bond donors (Lipinski definition) is 2. The highest BCUT2D eigenvalue weighted by Gasteiger charge is 2.35. The third-order valence-corrected chi connectivity index (χ3v) is 3.46. The minimum Gasteiger partial charge on any atom is -0.480 e. The van der Waals surface area contributed by atoms with E-state index < -0.39 is 17.4 Å². The fourth-order valence-corrected chi connectivity index (χ4v) is 1.38. The molecule has 0 spiro atoms. The van der Waals surface area contributed by atoms with Crippen LogP contribution in [0.3, 0.4) is 0 Å². The maximum Gasteiger partial charge on any atom is 0.326 e. The Kier molecular flexibility index (Phi) is 5.20. The van der Waals surface area contributed by atoms with Gasteiger partial charge < -0.3 is 15.3 Å². The molecule has 0 heterocycles. The zero-order valence-electron chi connectivity index (χ0n) is 12.5. The van der Waals surface area contributed by atoms with Gasteiger partial charge in [-0.3, -0.25) is 0 Å². The van der Waals surface area contributed by atoms with E-state index in [0.717, 1.165) is 6.42 Å². The molecule has 0 rings (SSSR count). The Labute approximate surface area is 110 Å². The number of carbonyl (C=O) groups is 2. The van der Waals surface area contributed by atoms with E-state index in [9.17, 15) is 9.59 Å². The van der Waals surface area contributed by atoms with E-state index in [0.29, 0.717) is 0 Å². The number of aliphatic carboxylic acids is 1. The summed E-state index contributed by atoms with van der Waals surface area (Å²) in [6, 6.07) is -1.26. The van der Waals surface area contributed by atoms with Crippen LogP contribution in [0.4, 0.5) is 4.79 Å². The molecule has 0 aliphatic heterocycles. The molecule has 2 N–H and O–H groups in total. The number of carboxylic acids is 1. The van der Waals surface area contributed by atoms with E-state index in [-0.39, 0.29) is 11.6 Å². The van der Waals surface area contributed by atoms with Crippen molar-refractivity contribution in [1.29, 1.82) is 0 Å². The van der Waals surface area contributed by atoms with Crippen LogP contribution in [-0.4, -0.2) is 40.6 Å². The maximum atomic E-state index is 12.1. The van der Waals surface area contributed by atoms with Crippen LogP contribution in [0.2, 0.25) is 0 Å². The van der Waals surface area contributed by atoms with Gasteiger partial charge in [0, 0.05) is 12.6 Å². The Morgan fingerprint density at radius 2 is 1.67 bits per heavy atom. The van der Waals surface area contributed by atoms with E-state index in [1.54, 1.807) is 32.7 Å². The molecule has 18 heavy (non-hydrogen) atoms. The Morgan fingerprint density at radius 3 is 1.94 bits per heavy atom. The van der Waals surface area contributed by atoms with E-state index in [2.05, 4.69) is 5.32 Å². The maximum absolute atomic E-state index is 12.1. The first-order valence-electron chi connectivity index (χ1n) is 6.20. The van der Waals surface area contributed by atoms with Crippen molar-refractivity contribution in [3.05, 3.63) is 0 Å². The third-order valence-electron chi connectivity index (χ3n) is 3.46. The fraction of sp³-hybridized carbons (Fsp3) is 0.846. The summed E-state index contributed by atoms with van der Waals surface area (Å²) >= 11 is 0. The van der Waals surface area contributed by atoms with Crippen LogP contribution >= 0.6 is 0 Å². The summed E-state index contributed by atoms with van der Waals surface area (Å²) in [7, 11) is 1.68. The fourth-order valence-electron chi connectivity index (χ4n) is 1.38. The molecule has 0 aromatic carbocycles. The van der Waals surface area contributed by atoms with Gasteiger partial charge in [0.2, 0.25) is 0 Å². The largest absolute Gasteiger partial charge is 0.480 e. The van der Waals surface area contributed by atoms with Crippen molar-refractivity contribution in [1.82, 2.24) is 10.2 Å². The summed E-state index contributed by atoms with van der Waals surface area (Å²) in [4.78, 5) is 24.8. The van der Waals surface area contributed by atoms with Crippen LogP contribution in [0, 0.1) is 5.41 Å². The number of carboxylic acid groups (broad SMARTS) is 1. The lowest BCUT2D eigenvalue weighted by atomic mass is 9.87. The number of nitrogens with zero attached hydrogens (tertiary/aromatic N) is 1. The van der Waals surface area contributed by atoms with Crippen LogP contribution in [0.1, 0.15) is 48.0 Å². The lowest BCUT2D eigenvalue weighted by Gasteiger charge is -2.37. The normalized spacial score (nSPS) is 13.9. The number of urea groups is 1. The van der Waals surface area contributed by atoms with Crippen molar-refractivity contribution in [3.63, 3.8) is 0 Å². The molecular weight excluding hydrogens is 232 g/mol. The summed E-state index contributed by atoms with van der Waals surface area (Å²) in [5.41, 5.74) is -0.830. The van der Waals surface area contributed by atoms with Gasteiger partial charge in [-0.2, -0.15) is 0 Å². The number of carbonyl (C=O) groups excluding carboxylic acids is 1. The molecule has 0 aromatic heterocycles. The van der Waals surface area contributed by atoms with Crippen molar-refractivity contribution < 1.29 is 14.7 Å². The summed E-state index contributed by atoms with van der Waals surface area (Å²) < 4.78 is 0. The van der Waals surface area contributed by atoms with Crippen LogP contribution < -0.4 is 5.32 Å². The second-order valence-electron chi connectivity index (χ2n) is 6.31.